The lowest BCUT2D eigenvalue weighted by Crippen LogP contribution is -2.45. The molecule has 5 nitrogen and oxygen atoms in total. The van der Waals surface area contributed by atoms with Crippen LogP contribution in [-0.2, 0) is 4.79 Å². The molecule has 0 atom stereocenters. The quantitative estimate of drug-likeness (QED) is 0.305. The van der Waals surface area contributed by atoms with E-state index < -0.39 is 0 Å². The largest absolute Gasteiger partial charge is 0.370 e. The Morgan fingerprint density at radius 2 is 1.88 bits per heavy atom. The van der Waals surface area contributed by atoms with E-state index in [1.807, 2.05) is 34.6 Å². The second-order valence-electron chi connectivity index (χ2n) is 5.09. The van der Waals surface area contributed by atoms with Crippen LogP contribution < -0.4 is 16.4 Å². The van der Waals surface area contributed by atoms with Crippen LogP contribution in [0.15, 0.2) is 4.99 Å². The zero-order chi connectivity index (χ0) is 12.8. The van der Waals surface area contributed by atoms with E-state index in [1.165, 1.54) is 0 Å². The minimum Gasteiger partial charge on any atom is -0.370 e. The molecule has 0 radical (unpaired) electrons. The standard InChI is InChI=1S/C11H24N4O.HI/c1-8(2)9(16)13-6-7-14-10(12)15-11(3,4)5;/h8H,6-7H2,1-5H3,(H,13,16)(H3,12,14,15);1H. The number of carbonyl (C=O) groups is 1. The molecule has 0 saturated carbocycles. The Kier molecular flexibility index (Phi) is 9.46. The molecule has 0 rings (SSSR count). The topological polar surface area (TPSA) is 79.5 Å². The molecule has 0 aromatic carbocycles. The van der Waals surface area contributed by atoms with Gasteiger partial charge in [0.1, 0.15) is 0 Å². The third kappa shape index (κ3) is 11.7. The van der Waals surface area contributed by atoms with Crippen LogP contribution in [0.4, 0.5) is 0 Å². The van der Waals surface area contributed by atoms with Gasteiger partial charge >= 0.3 is 0 Å². The number of aliphatic imine (C=N–C) groups is 1. The fourth-order valence-electron chi connectivity index (χ4n) is 0.983. The first kappa shape index (κ1) is 18.8. The Hall–Kier alpha value is -0.530. The SMILES string of the molecule is CC(C)C(=O)NCCN=C(N)NC(C)(C)C.I. The number of amides is 1. The van der Waals surface area contributed by atoms with Crippen molar-refractivity contribution in [2.45, 2.75) is 40.2 Å². The highest BCUT2D eigenvalue weighted by molar-refractivity contribution is 14.0. The maximum absolute atomic E-state index is 11.2. The molecule has 1 amide bonds. The van der Waals surface area contributed by atoms with Crippen molar-refractivity contribution >= 4 is 35.8 Å². The van der Waals surface area contributed by atoms with Gasteiger partial charge in [0.2, 0.25) is 5.91 Å². The third-order valence-electron chi connectivity index (χ3n) is 1.72. The van der Waals surface area contributed by atoms with Gasteiger partial charge in [-0.2, -0.15) is 0 Å². The predicted octanol–water partition coefficient (Wildman–Crippen LogP) is 1.08. The highest BCUT2D eigenvalue weighted by Crippen LogP contribution is 1.96. The van der Waals surface area contributed by atoms with E-state index in [2.05, 4.69) is 15.6 Å². The minimum atomic E-state index is -0.0885. The first-order valence-electron chi connectivity index (χ1n) is 5.58. The summed E-state index contributed by atoms with van der Waals surface area (Å²) in [5, 5.41) is 5.82. The van der Waals surface area contributed by atoms with Gasteiger partial charge in [-0.3, -0.25) is 9.79 Å². The predicted molar refractivity (Wildman–Crippen MR) is 82.6 cm³/mol. The summed E-state index contributed by atoms with van der Waals surface area (Å²) in [5.74, 6) is 0.456. The lowest BCUT2D eigenvalue weighted by atomic mass is 10.1. The molecular formula is C11H25IN4O. The molecule has 4 N–H and O–H groups in total. The Labute approximate surface area is 121 Å². The van der Waals surface area contributed by atoms with Crippen molar-refractivity contribution in [1.29, 1.82) is 0 Å². The maximum atomic E-state index is 11.2. The highest BCUT2D eigenvalue weighted by atomic mass is 127. The van der Waals surface area contributed by atoms with Crippen molar-refractivity contribution in [3.05, 3.63) is 0 Å². The highest BCUT2D eigenvalue weighted by Gasteiger charge is 2.09. The number of nitrogens with two attached hydrogens (primary N) is 1. The van der Waals surface area contributed by atoms with E-state index in [9.17, 15) is 4.79 Å². The van der Waals surface area contributed by atoms with E-state index in [1.54, 1.807) is 0 Å². The van der Waals surface area contributed by atoms with Crippen molar-refractivity contribution in [1.82, 2.24) is 10.6 Å². The average molecular weight is 356 g/mol. The number of hydrogen-bond acceptors (Lipinski definition) is 2. The van der Waals surface area contributed by atoms with Crippen LogP contribution >= 0.6 is 24.0 Å². The van der Waals surface area contributed by atoms with Crippen molar-refractivity contribution in [2.24, 2.45) is 16.6 Å². The second kappa shape index (κ2) is 8.54. The van der Waals surface area contributed by atoms with Gasteiger partial charge < -0.3 is 16.4 Å². The molecule has 0 saturated heterocycles. The molecule has 0 aliphatic rings. The van der Waals surface area contributed by atoms with Gasteiger partial charge in [0.15, 0.2) is 5.96 Å². The van der Waals surface area contributed by atoms with Gasteiger partial charge in [0.25, 0.3) is 0 Å². The molecule has 0 fully saturated rings. The van der Waals surface area contributed by atoms with E-state index in [0.29, 0.717) is 19.0 Å². The summed E-state index contributed by atoms with van der Waals surface area (Å²) in [6, 6.07) is 0. The minimum absolute atomic E-state index is 0. The number of guanidine groups is 1. The van der Waals surface area contributed by atoms with Gasteiger partial charge in [-0.15, -0.1) is 24.0 Å². The summed E-state index contributed by atoms with van der Waals surface area (Å²) < 4.78 is 0. The smallest absolute Gasteiger partial charge is 0.222 e. The number of rotatable bonds is 4. The summed E-state index contributed by atoms with van der Waals surface area (Å²) >= 11 is 0. The number of carbonyl (C=O) groups excluding carboxylic acids is 1. The average Bonchev–Trinajstić information content (AvgIpc) is 2.08. The van der Waals surface area contributed by atoms with Gasteiger partial charge in [0, 0.05) is 18.0 Å². The number of halogens is 1. The Balaban J connectivity index is 0. The van der Waals surface area contributed by atoms with Crippen molar-refractivity contribution in [3.8, 4) is 0 Å². The molecule has 0 spiro atoms. The summed E-state index contributed by atoms with van der Waals surface area (Å²) in [5.41, 5.74) is 5.57. The molecule has 0 unspecified atom stereocenters. The second-order valence-corrected chi connectivity index (χ2v) is 5.09. The van der Waals surface area contributed by atoms with Crippen molar-refractivity contribution in [2.75, 3.05) is 13.1 Å². The van der Waals surface area contributed by atoms with Crippen LogP contribution in [0.3, 0.4) is 0 Å². The summed E-state index contributed by atoms with van der Waals surface area (Å²) in [7, 11) is 0. The molecule has 17 heavy (non-hydrogen) atoms. The van der Waals surface area contributed by atoms with Gasteiger partial charge in [-0.1, -0.05) is 13.8 Å². The molecular weight excluding hydrogens is 331 g/mol. The van der Waals surface area contributed by atoms with Crippen LogP contribution in [-0.4, -0.2) is 30.5 Å². The molecule has 102 valence electrons. The summed E-state index contributed by atoms with van der Waals surface area (Å²) in [6.07, 6.45) is 0. The monoisotopic (exact) mass is 356 g/mol. The molecule has 6 heteroatoms. The Bertz CT molecular complexity index is 259. The number of nitrogens with zero attached hydrogens (tertiary/aromatic N) is 1. The third-order valence-corrected chi connectivity index (χ3v) is 1.72. The summed E-state index contributed by atoms with van der Waals surface area (Å²) in [4.78, 5) is 15.3. The van der Waals surface area contributed by atoms with Crippen molar-refractivity contribution in [3.63, 3.8) is 0 Å². The Morgan fingerprint density at radius 3 is 2.29 bits per heavy atom. The molecule has 0 aliphatic heterocycles. The first-order valence-corrected chi connectivity index (χ1v) is 5.58. The van der Waals surface area contributed by atoms with E-state index in [0.717, 1.165) is 0 Å². The Morgan fingerprint density at radius 1 is 1.35 bits per heavy atom. The maximum Gasteiger partial charge on any atom is 0.222 e. The molecule has 0 bridgehead atoms. The van der Waals surface area contributed by atoms with Crippen LogP contribution in [0.25, 0.3) is 0 Å². The first-order chi connectivity index (χ1) is 7.22. The van der Waals surface area contributed by atoms with Gasteiger partial charge in [0.05, 0.1) is 6.54 Å². The number of hydrogen-bond donors (Lipinski definition) is 3. The van der Waals surface area contributed by atoms with Gasteiger partial charge in [-0.25, -0.2) is 0 Å². The van der Waals surface area contributed by atoms with Crippen molar-refractivity contribution < 1.29 is 4.79 Å². The van der Waals surface area contributed by atoms with Crippen LogP contribution in [0.1, 0.15) is 34.6 Å². The lowest BCUT2D eigenvalue weighted by molar-refractivity contribution is -0.123. The molecule has 0 aromatic heterocycles. The molecule has 0 aliphatic carbocycles. The fourth-order valence-corrected chi connectivity index (χ4v) is 0.983. The van der Waals surface area contributed by atoms with E-state index in [4.69, 9.17) is 5.73 Å². The van der Waals surface area contributed by atoms with Gasteiger partial charge in [-0.05, 0) is 20.8 Å². The molecule has 0 aromatic rings. The normalized spacial score (nSPS) is 12.0. The zero-order valence-corrected chi connectivity index (χ0v) is 13.7. The van der Waals surface area contributed by atoms with E-state index >= 15 is 0 Å². The van der Waals surface area contributed by atoms with Crippen LogP contribution in [0, 0.1) is 5.92 Å². The van der Waals surface area contributed by atoms with E-state index in [-0.39, 0.29) is 41.3 Å². The number of nitrogens with one attached hydrogen (secondary N) is 2. The lowest BCUT2D eigenvalue weighted by Gasteiger charge is -2.21. The van der Waals surface area contributed by atoms with Crippen LogP contribution in [0.5, 0.6) is 0 Å². The van der Waals surface area contributed by atoms with Crippen LogP contribution in [0.2, 0.25) is 0 Å². The fraction of sp³-hybridized carbons (Fsp3) is 0.818. The molecule has 0 heterocycles. The zero-order valence-electron chi connectivity index (χ0n) is 11.3. The summed E-state index contributed by atoms with van der Waals surface area (Å²) in [6.45, 7) is 10.8.